The van der Waals surface area contributed by atoms with Crippen LogP contribution in [0.5, 0.6) is 5.75 Å². The minimum absolute atomic E-state index is 0.0212. The van der Waals surface area contributed by atoms with Crippen LogP contribution in [-0.2, 0) is 0 Å². The van der Waals surface area contributed by atoms with Crippen LogP contribution in [0.4, 0.5) is 0 Å². The van der Waals surface area contributed by atoms with Crippen molar-refractivity contribution in [2.24, 2.45) is 0 Å². The van der Waals surface area contributed by atoms with Crippen LogP contribution in [0.3, 0.4) is 0 Å². The van der Waals surface area contributed by atoms with Crippen molar-refractivity contribution in [2.75, 3.05) is 13.2 Å². The molecular formula is C15H25NO3. The molecular weight excluding hydrogens is 242 g/mol. The molecule has 0 aromatic heterocycles. The molecule has 19 heavy (non-hydrogen) atoms. The van der Waals surface area contributed by atoms with Gasteiger partial charge in [0, 0.05) is 11.6 Å². The van der Waals surface area contributed by atoms with Crippen LogP contribution in [0.2, 0.25) is 0 Å². The molecule has 4 nitrogen and oxygen atoms in total. The van der Waals surface area contributed by atoms with Gasteiger partial charge in [-0.1, -0.05) is 12.1 Å². The van der Waals surface area contributed by atoms with Crippen molar-refractivity contribution >= 4 is 0 Å². The topological polar surface area (TPSA) is 61.7 Å². The van der Waals surface area contributed by atoms with Crippen molar-refractivity contribution in [1.29, 1.82) is 0 Å². The number of hydrogen-bond acceptors (Lipinski definition) is 4. The van der Waals surface area contributed by atoms with Gasteiger partial charge in [0.2, 0.25) is 0 Å². The number of aliphatic hydroxyl groups is 2. The summed E-state index contributed by atoms with van der Waals surface area (Å²) in [4.78, 5) is 0. The van der Waals surface area contributed by atoms with Gasteiger partial charge >= 0.3 is 0 Å². The Morgan fingerprint density at radius 3 is 2.32 bits per heavy atom. The highest BCUT2D eigenvalue weighted by Gasteiger charge is 2.24. The first-order valence-corrected chi connectivity index (χ1v) is 6.69. The molecule has 0 bridgehead atoms. The molecule has 4 heteroatoms. The Bertz CT molecular complexity index is 375. The lowest BCUT2D eigenvalue weighted by Crippen LogP contribution is -2.49. The fraction of sp³-hybridized carbons (Fsp3) is 0.600. The minimum atomic E-state index is -0.624. The second-order valence-electron chi connectivity index (χ2n) is 5.42. The van der Waals surface area contributed by atoms with E-state index in [1.54, 1.807) is 0 Å². The van der Waals surface area contributed by atoms with E-state index in [2.05, 4.69) is 5.32 Å². The Kier molecular flexibility index (Phi) is 5.79. The molecule has 0 saturated carbocycles. The summed E-state index contributed by atoms with van der Waals surface area (Å²) < 4.78 is 5.37. The molecule has 2 unspecified atom stereocenters. The van der Waals surface area contributed by atoms with Crippen molar-refractivity contribution in [2.45, 2.75) is 45.4 Å². The third-order valence-electron chi connectivity index (χ3n) is 3.02. The Morgan fingerprint density at radius 1 is 1.26 bits per heavy atom. The quantitative estimate of drug-likeness (QED) is 0.706. The molecule has 0 aliphatic carbocycles. The molecule has 0 amide bonds. The van der Waals surface area contributed by atoms with E-state index in [1.165, 1.54) is 0 Å². The fourth-order valence-electron chi connectivity index (χ4n) is 1.96. The van der Waals surface area contributed by atoms with Crippen molar-refractivity contribution in [3.8, 4) is 5.75 Å². The van der Waals surface area contributed by atoms with Gasteiger partial charge in [-0.05, 0) is 45.4 Å². The predicted molar refractivity (Wildman–Crippen MR) is 76.3 cm³/mol. The van der Waals surface area contributed by atoms with Crippen LogP contribution >= 0.6 is 0 Å². The number of benzene rings is 1. The van der Waals surface area contributed by atoms with Gasteiger partial charge in [0.15, 0.2) is 0 Å². The second-order valence-corrected chi connectivity index (χ2v) is 5.42. The smallest absolute Gasteiger partial charge is 0.119 e. The Hall–Kier alpha value is -1.10. The lowest BCUT2D eigenvalue weighted by Gasteiger charge is -2.31. The zero-order valence-electron chi connectivity index (χ0n) is 12.2. The van der Waals surface area contributed by atoms with Crippen LogP contribution in [0.1, 0.15) is 39.4 Å². The molecule has 0 saturated heterocycles. The lowest BCUT2D eigenvalue weighted by atomic mass is 9.99. The van der Waals surface area contributed by atoms with Gasteiger partial charge in [-0.15, -0.1) is 0 Å². The third-order valence-corrected chi connectivity index (χ3v) is 3.02. The molecule has 108 valence electrons. The summed E-state index contributed by atoms with van der Waals surface area (Å²) in [5, 5.41) is 22.7. The summed E-state index contributed by atoms with van der Waals surface area (Å²) in [7, 11) is 0. The van der Waals surface area contributed by atoms with E-state index in [9.17, 15) is 10.2 Å². The molecule has 0 heterocycles. The molecule has 0 spiro atoms. The predicted octanol–water partition coefficient (Wildman–Crippen LogP) is 1.87. The highest BCUT2D eigenvalue weighted by Crippen LogP contribution is 2.21. The van der Waals surface area contributed by atoms with Gasteiger partial charge in [-0.3, -0.25) is 0 Å². The Morgan fingerprint density at radius 2 is 1.84 bits per heavy atom. The normalized spacial score (nSPS) is 15.1. The number of rotatable bonds is 7. The molecule has 2 atom stereocenters. The van der Waals surface area contributed by atoms with Gasteiger partial charge in [0.25, 0.3) is 0 Å². The Balaban J connectivity index is 2.68. The summed E-state index contributed by atoms with van der Waals surface area (Å²) in [6.45, 7) is 8.28. The number of nitrogens with one attached hydrogen (secondary N) is 1. The van der Waals surface area contributed by atoms with E-state index in [0.29, 0.717) is 6.61 Å². The molecule has 0 aliphatic rings. The van der Waals surface area contributed by atoms with Crippen molar-refractivity contribution in [1.82, 2.24) is 5.32 Å². The van der Waals surface area contributed by atoms with E-state index in [1.807, 2.05) is 52.0 Å². The maximum Gasteiger partial charge on any atom is 0.119 e. The zero-order valence-corrected chi connectivity index (χ0v) is 12.2. The van der Waals surface area contributed by atoms with Crippen LogP contribution < -0.4 is 10.1 Å². The molecule has 0 fully saturated rings. The fourth-order valence-corrected chi connectivity index (χ4v) is 1.96. The van der Waals surface area contributed by atoms with E-state index < -0.39 is 11.6 Å². The lowest BCUT2D eigenvalue weighted by molar-refractivity contribution is 0.0991. The standard InChI is InChI=1S/C15H25NO3/c1-5-19-13-8-6-12(7-9-13)14(18)11(2)16-15(3,4)10-17/h6-9,11,14,16-18H,5,10H2,1-4H3. The van der Waals surface area contributed by atoms with Gasteiger partial charge in [0.05, 0.1) is 19.3 Å². The van der Waals surface area contributed by atoms with E-state index in [-0.39, 0.29) is 12.6 Å². The molecule has 1 aromatic rings. The SMILES string of the molecule is CCOc1ccc(C(O)C(C)NC(C)(C)CO)cc1. The highest BCUT2D eigenvalue weighted by atomic mass is 16.5. The summed E-state index contributed by atoms with van der Waals surface area (Å²) in [6, 6.07) is 7.28. The summed E-state index contributed by atoms with van der Waals surface area (Å²) in [5.41, 5.74) is 0.420. The van der Waals surface area contributed by atoms with Gasteiger partial charge in [-0.2, -0.15) is 0 Å². The van der Waals surface area contributed by atoms with Crippen LogP contribution in [0.15, 0.2) is 24.3 Å². The molecule has 1 aromatic carbocycles. The van der Waals surface area contributed by atoms with E-state index in [0.717, 1.165) is 11.3 Å². The number of hydrogen-bond donors (Lipinski definition) is 3. The molecule has 3 N–H and O–H groups in total. The largest absolute Gasteiger partial charge is 0.494 e. The van der Waals surface area contributed by atoms with Gasteiger partial charge < -0.3 is 20.3 Å². The number of ether oxygens (including phenoxy) is 1. The van der Waals surface area contributed by atoms with Crippen LogP contribution in [0, 0.1) is 0 Å². The average molecular weight is 267 g/mol. The van der Waals surface area contributed by atoms with Gasteiger partial charge in [-0.25, -0.2) is 0 Å². The Labute approximate surface area is 115 Å². The van der Waals surface area contributed by atoms with Crippen molar-refractivity contribution in [3.63, 3.8) is 0 Å². The third kappa shape index (κ3) is 4.82. The summed E-state index contributed by atoms with van der Waals surface area (Å²) in [6.07, 6.45) is -0.624. The summed E-state index contributed by atoms with van der Waals surface area (Å²) in [5.74, 6) is 0.801. The monoisotopic (exact) mass is 267 g/mol. The van der Waals surface area contributed by atoms with E-state index >= 15 is 0 Å². The molecule has 0 radical (unpaired) electrons. The summed E-state index contributed by atoms with van der Waals surface area (Å²) >= 11 is 0. The number of aliphatic hydroxyl groups excluding tert-OH is 2. The van der Waals surface area contributed by atoms with Gasteiger partial charge in [0.1, 0.15) is 5.75 Å². The molecule has 0 aliphatic heterocycles. The maximum atomic E-state index is 10.3. The van der Waals surface area contributed by atoms with Crippen LogP contribution in [-0.4, -0.2) is 35.0 Å². The van der Waals surface area contributed by atoms with Crippen LogP contribution in [0.25, 0.3) is 0 Å². The second kappa shape index (κ2) is 6.89. The first kappa shape index (κ1) is 16.0. The first-order chi connectivity index (χ1) is 8.89. The van der Waals surface area contributed by atoms with E-state index in [4.69, 9.17) is 4.74 Å². The highest BCUT2D eigenvalue weighted by molar-refractivity contribution is 5.29. The maximum absolute atomic E-state index is 10.3. The van der Waals surface area contributed by atoms with Crippen molar-refractivity contribution in [3.05, 3.63) is 29.8 Å². The average Bonchev–Trinajstić information content (AvgIpc) is 2.38. The van der Waals surface area contributed by atoms with Crippen molar-refractivity contribution < 1.29 is 14.9 Å². The minimum Gasteiger partial charge on any atom is -0.494 e. The first-order valence-electron chi connectivity index (χ1n) is 6.69. The zero-order chi connectivity index (χ0) is 14.5. The molecule has 1 rings (SSSR count).